The van der Waals surface area contributed by atoms with E-state index in [-0.39, 0.29) is 5.91 Å². The van der Waals surface area contributed by atoms with Crippen LogP contribution in [-0.4, -0.2) is 42.8 Å². The van der Waals surface area contributed by atoms with E-state index in [1.54, 1.807) is 24.3 Å². The van der Waals surface area contributed by atoms with Crippen LogP contribution in [0, 0.1) is 0 Å². The fourth-order valence-corrected chi connectivity index (χ4v) is 1.99. The Bertz CT molecular complexity index is 489. The van der Waals surface area contributed by atoms with E-state index in [9.17, 15) is 14.7 Å². The number of rotatable bonds is 3. The quantitative estimate of drug-likeness (QED) is 0.676. The first-order chi connectivity index (χ1) is 9.10. The number of aliphatic hydroxyl groups excluding tert-OH is 1. The number of β-amino-alcohol motifs (C(OH)–C–C–N with tert-alkyl or cyclic N) is 1. The summed E-state index contributed by atoms with van der Waals surface area (Å²) in [4.78, 5) is 23.3. The van der Waals surface area contributed by atoms with Crippen LogP contribution >= 0.6 is 0 Å². The van der Waals surface area contributed by atoms with Gasteiger partial charge in [-0.2, -0.15) is 0 Å². The first-order valence-corrected chi connectivity index (χ1v) is 6.01. The lowest BCUT2D eigenvalue weighted by Gasteiger charge is -2.11. The van der Waals surface area contributed by atoms with E-state index in [4.69, 9.17) is 0 Å². The molecule has 0 radical (unpaired) electrons. The van der Waals surface area contributed by atoms with Crippen molar-refractivity contribution in [2.75, 3.05) is 19.0 Å². The zero-order valence-corrected chi connectivity index (χ0v) is 10.6. The van der Waals surface area contributed by atoms with Gasteiger partial charge in [0.15, 0.2) is 0 Å². The highest BCUT2D eigenvalue weighted by molar-refractivity contribution is 5.97. The lowest BCUT2D eigenvalue weighted by Crippen LogP contribution is -2.35. The van der Waals surface area contributed by atoms with Gasteiger partial charge < -0.3 is 20.5 Å². The number of amides is 1. The summed E-state index contributed by atoms with van der Waals surface area (Å²) < 4.78 is 4.61. The van der Waals surface area contributed by atoms with Gasteiger partial charge in [-0.15, -0.1) is 0 Å². The number of carbonyl (C=O) groups is 2. The summed E-state index contributed by atoms with van der Waals surface area (Å²) in [5.74, 6) is -0.677. The second-order valence-corrected chi connectivity index (χ2v) is 4.41. The summed E-state index contributed by atoms with van der Waals surface area (Å²) in [6, 6.07) is 6.11. The molecule has 102 valence electrons. The predicted octanol–water partition coefficient (Wildman–Crippen LogP) is 0.134. The lowest BCUT2D eigenvalue weighted by atomic mass is 10.1. The molecule has 2 atom stereocenters. The standard InChI is InChI=1S/C13H16N2O4/c1-19-13(18)8-3-2-4-9(5-8)15-12(17)11-6-10(16)7-14-11/h2-5,10-11,14,16H,6-7H2,1H3,(H,15,17). The monoisotopic (exact) mass is 264 g/mol. The van der Waals surface area contributed by atoms with E-state index in [0.29, 0.717) is 24.2 Å². The molecule has 1 saturated heterocycles. The number of hydrogen-bond acceptors (Lipinski definition) is 5. The Balaban J connectivity index is 2.03. The van der Waals surface area contributed by atoms with Crippen LogP contribution in [0.25, 0.3) is 0 Å². The second kappa shape index (κ2) is 5.81. The molecule has 6 heteroatoms. The lowest BCUT2D eigenvalue weighted by molar-refractivity contribution is -0.117. The van der Waals surface area contributed by atoms with Crippen molar-refractivity contribution in [3.63, 3.8) is 0 Å². The van der Waals surface area contributed by atoms with E-state index in [1.807, 2.05) is 0 Å². The number of hydrogen-bond donors (Lipinski definition) is 3. The van der Waals surface area contributed by atoms with Crippen molar-refractivity contribution in [3.05, 3.63) is 29.8 Å². The summed E-state index contributed by atoms with van der Waals surface area (Å²) in [6.45, 7) is 0.417. The van der Waals surface area contributed by atoms with E-state index in [0.717, 1.165) is 0 Å². The van der Waals surface area contributed by atoms with Crippen molar-refractivity contribution >= 4 is 17.6 Å². The van der Waals surface area contributed by atoms with Gasteiger partial charge in [-0.25, -0.2) is 4.79 Å². The number of benzene rings is 1. The molecule has 0 bridgehead atoms. The predicted molar refractivity (Wildman–Crippen MR) is 68.8 cm³/mol. The van der Waals surface area contributed by atoms with Gasteiger partial charge in [0.25, 0.3) is 0 Å². The van der Waals surface area contributed by atoms with E-state index in [1.165, 1.54) is 7.11 Å². The molecule has 1 aromatic carbocycles. The summed E-state index contributed by atoms with van der Waals surface area (Å²) in [5, 5.41) is 15.0. The molecule has 0 spiro atoms. The van der Waals surface area contributed by atoms with Crippen LogP contribution in [0.4, 0.5) is 5.69 Å². The van der Waals surface area contributed by atoms with Crippen LogP contribution in [0.2, 0.25) is 0 Å². The Labute approximate surface area is 110 Å². The van der Waals surface area contributed by atoms with Crippen molar-refractivity contribution in [1.29, 1.82) is 0 Å². The summed E-state index contributed by atoms with van der Waals surface area (Å²) >= 11 is 0. The topological polar surface area (TPSA) is 87.7 Å². The van der Waals surface area contributed by atoms with Gasteiger partial charge in [0, 0.05) is 12.2 Å². The van der Waals surface area contributed by atoms with Crippen molar-refractivity contribution in [1.82, 2.24) is 5.32 Å². The fourth-order valence-electron chi connectivity index (χ4n) is 1.99. The average Bonchev–Trinajstić information content (AvgIpc) is 2.85. The normalized spacial score (nSPS) is 22.0. The van der Waals surface area contributed by atoms with Crippen LogP contribution < -0.4 is 10.6 Å². The Hall–Kier alpha value is -1.92. The smallest absolute Gasteiger partial charge is 0.337 e. The number of nitrogens with one attached hydrogen (secondary N) is 2. The maximum absolute atomic E-state index is 11.9. The molecule has 1 aromatic rings. The number of carbonyl (C=O) groups excluding carboxylic acids is 2. The van der Waals surface area contributed by atoms with Crippen molar-refractivity contribution in [2.45, 2.75) is 18.6 Å². The molecule has 3 N–H and O–H groups in total. The molecular formula is C13H16N2O4. The summed E-state index contributed by atoms with van der Waals surface area (Å²) in [6.07, 6.45) is -0.0974. The zero-order chi connectivity index (χ0) is 13.8. The zero-order valence-electron chi connectivity index (χ0n) is 10.6. The van der Waals surface area contributed by atoms with Crippen LogP contribution in [0.15, 0.2) is 24.3 Å². The van der Waals surface area contributed by atoms with Crippen LogP contribution in [0.1, 0.15) is 16.8 Å². The Morgan fingerprint density at radius 3 is 2.89 bits per heavy atom. The summed E-state index contributed by atoms with van der Waals surface area (Å²) in [5.41, 5.74) is 0.899. The van der Waals surface area contributed by atoms with Crippen molar-refractivity contribution in [3.8, 4) is 0 Å². The minimum absolute atomic E-state index is 0.224. The van der Waals surface area contributed by atoms with Gasteiger partial charge in [-0.1, -0.05) is 6.07 Å². The Morgan fingerprint density at radius 2 is 2.26 bits per heavy atom. The maximum Gasteiger partial charge on any atom is 0.337 e. The van der Waals surface area contributed by atoms with Gasteiger partial charge in [0.05, 0.1) is 24.8 Å². The SMILES string of the molecule is COC(=O)c1cccc(NC(=O)C2CC(O)CN2)c1. The average molecular weight is 264 g/mol. The Morgan fingerprint density at radius 1 is 1.47 bits per heavy atom. The molecule has 1 heterocycles. The molecule has 2 unspecified atom stereocenters. The molecule has 1 aliphatic rings. The van der Waals surface area contributed by atoms with Gasteiger partial charge >= 0.3 is 5.97 Å². The highest BCUT2D eigenvalue weighted by Gasteiger charge is 2.28. The molecule has 19 heavy (non-hydrogen) atoms. The van der Waals surface area contributed by atoms with Gasteiger partial charge in [0.2, 0.25) is 5.91 Å². The minimum atomic E-state index is -0.489. The van der Waals surface area contributed by atoms with Crippen molar-refractivity contribution < 1.29 is 19.4 Å². The molecule has 1 aliphatic heterocycles. The number of anilines is 1. The van der Waals surface area contributed by atoms with Crippen LogP contribution in [0.3, 0.4) is 0 Å². The molecule has 2 rings (SSSR count). The fraction of sp³-hybridized carbons (Fsp3) is 0.385. The van der Waals surface area contributed by atoms with Crippen LogP contribution in [-0.2, 0) is 9.53 Å². The Kier molecular flexibility index (Phi) is 4.13. The van der Waals surface area contributed by atoms with E-state index < -0.39 is 18.1 Å². The number of methoxy groups -OCH3 is 1. The number of aliphatic hydroxyl groups is 1. The largest absolute Gasteiger partial charge is 0.465 e. The third kappa shape index (κ3) is 3.30. The van der Waals surface area contributed by atoms with Crippen LogP contribution in [0.5, 0.6) is 0 Å². The molecule has 0 aliphatic carbocycles. The molecule has 0 aromatic heterocycles. The molecule has 1 fully saturated rings. The third-order valence-electron chi connectivity index (χ3n) is 2.98. The second-order valence-electron chi connectivity index (χ2n) is 4.41. The number of ether oxygens (including phenoxy) is 1. The third-order valence-corrected chi connectivity index (χ3v) is 2.98. The molecule has 0 saturated carbocycles. The highest BCUT2D eigenvalue weighted by atomic mass is 16.5. The van der Waals surface area contributed by atoms with E-state index >= 15 is 0 Å². The molecular weight excluding hydrogens is 248 g/mol. The minimum Gasteiger partial charge on any atom is -0.465 e. The molecule has 6 nitrogen and oxygen atoms in total. The maximum atomic E-state index is 11.9. The van der Waals surface area contributed by atoms with Crippen molar-refractivity contribution in [2.24, 2.45) is 0 Å². The first kappa shape index (κ1) is 13.5. The highest BCUT2D eigenvalue weighted by Crippen LogP contribution is 2.14. The van der Waals surface area contributed by atoms with E-state index in [2.05, 4.69) is 15.4 Å². The number of esters is 1. The first-order valence-electron chi connectivity index (χ1n) is 6.01. The van der Waals surface area contributed by atoms with Gasteiger partial charge in [0.1, 0.15) is 0 Å². The molecule has 1 amide bonds. The van der Waals surface area contributed by atoms with Gasteiger partial charge in [-0.3, -0.25) is 4.79 Å². The summed E-state index contributed by atoms with van der Waals surface area (Å²) in [7, 11) is 1.30. The van der Waals surface area contributed by atoms with Gasteiger partial charge in [-0.05, 0) is 24.6 Å².